The molecule has 0 unspecified atom stereocenters. The van der Waals surface area contributed by atoms with Gasteiger partial charge in [0, 0.05) is 13.0 Å². The summed E-state index contributed by atoms with van der Waals surface area (Å²) in [5, 5.41) is 10.3. The number of allylic oxidation sites excluding steroid dienone is 2. The summed E-state index contributed by atoms with van der Waals surface area (Å²) in [4.78, 5) is 27.0. The van der Waals surface area contributed by atoms with Crippen molar-refractivity contribution in [2.24, 2.45) is 17.8 Å². The molecule has 37 heavy (non-hydrogen) atoms. The topological polar surface area (TPSA) is 76.1 Å². The first kappa shape index (κ1) is 26.0. The van der Waals surface area contributed by atoms with Gasteiger partial charge in [-0.3, -0.25) is 14.5 Å². The van der Waals surface area contributed by atoms with E-state index in [-0.39, 0.29) is 41.4 Å². The number of nitrogens with zero attached hydrogens (tertiary/aromatic N) is 1. The molecule has 0 saturated carbocycles. The molecular weight excluding hydrogens is 581 g/mol. The maximum absolute atomic E-state index is 12.9. The maximum Gasteiger partial charge on any atom is 0.233 e. The SMILES string of the molecule is CCC1=C2[C@@H](CC/C(=C/c3cc(I)c(O)c(OC)c3)c3ccccc3)OC[C@@H]2[C@@H]2C(=O)N(C)C(=O)[C@@H]2C1. The largest absolute Gasteiger partial charge is 0.504 e. The molecule has 4 atom stereocenters. The van der Waals surface area contributed by atoms with E-state index in [2.05, 4.69) is 47.7 Å². The Morgan fingerprint density at radius 2 is 1.95 bits per heavy atom. The van der Waals surface area contributed by atoms with Crippen molar-refractivity contribution in [2.45, 2.75) is 38.7 Å². The van der Waals surface area contributed by atoms with Crippen LogP contribution in [-0.2, 0) is 14.3 Å². The van der Waals surface area contributed by atoms with Crippen LogP contribution in [0.1, 0.15) is 43.7 Å². The number of imide groups is 1. The number of likely N-dealkylation sites (tertiary alicyclic amines) is 1. The fourth-order valence-electron chi connectivity index (χ4n) is 6.24. The summed E-state index contributed by atoms with van der Waals surface area (Å²) in [5.41, 5.74) is 5.79. The predicted octanol–water partition coefficient (Wildman–Crippen LogP) is 5.68. The number of phenols is 1. The number of halogens is 1. The second kappa shape index (κ2) is 10.6. The number of aromatic hydroxyl groups is 1. The van der Waals surface area contributed by atoms with E-state index in [1.54, 1.807) is 14.2 Å². The minimum Gasteiger partial charge on any atom is -0.504 e. The molecule has 0 radical (unpaired) electrons. The van der Waals surface area contributed by atoms with E-state index in [1.165, 1.54) is 16.0 Å². The van der Waals surface area contributed by atoms with Gasteiger partial charge in [-0.1, -0.05) is 48.9 Å². The van der Waals surface area contributed by atoms with Gasteiger partial charge in [0.25, 0.3) is 0 Å². The molecule has 2 heterocycles. The lowest BCUT2D eigenvalue weighted by Crippen LogP contribution is -2.33. The first-order chi connectivity index (χ1) is 17.8. The molecule has 2 aromatic carbocycles. The van der Waals surface area contributed by atoms with Gasteiger partial charge < -0.3 is 14.6 Å². The predicted molar refractivity (Wildman–Crippen MR) is 151 cm³/mol. The highest BCUT2D eigenvalue weighted by Gasteiger charge is 2.55. The third-order valence-electron chi connectivity index (χ3n) is 8.09. The standard InChI is InChI=1S/C30H32INO5/c1-4-18-15-21-27(30(35)32(2)29(21)34)22-16-37-24(26(18)22)11-10-20(19-8-6-5-7-9-19)12-17-13-23(31)28(33)25(14-17)36-3/h5-9,12-14,21-22,24,27,33H,4,10-11,15-16H2,1-3H3/b20-12-/t21-,22+,24-,27-/m1/s1. The van der Waals surface area contributed by atoms with Crippen molar-refractivity contribution >= 4 is 46.1 Å². The minimum absolute atomic E-state index is 0.00723. The van der Waals surface area contributed by atoms with Crippen LogP contribution in [0, 0.1) is 21.3 Å². The van der Waals surface area contributed by atoms with Crippen molar-refractivity contribution in [3.8, 4) is 11.5 Å². The first-order valence-electron chi connectivity index (χ1n) is 12.8. The second-order valence-electron chi connectivity index (χ2n) is 10.0. The molecule has 1 aliphatic carbocycles. The summed E-state index contributed by atoms with van der Waals surface area (Å²) in [6, 6.07) is 14.1. The van der Waals surface area contributed by atoms with Crippen LogP contribution in [0.2, 0.25) is 0 Å². The lowest BCUT2D eigenvalue weighted by Gasteiger charge is -2.31. The van der Waals surface area contributed by atoms with Gasteiger partial charge in [0.1, 0.15) is 0 Å². The van der Waals surface area contributed by atoms with Gasteiger partial charge in [0.2, 0.25) is 11.8 Å². The number of hydrogen-bond donors (Lipinski definition) is 1. The van der Waals surface area contributed by atoms with Crippen molar-refractivity contribution in [2.75, 3.05) is 20.8 Å². The number of fused-ring (bicyclic) bond motifs is 3. The van der Waals surface area contributed by atoms with Crippen molar-refractivity contribution in [1.29, 1.82) is 0 Å². The zero-order valence-electron chi connectivity index (χ0n) is 21.4. The first-order valence-corrected chi connectivity index (χ1v) is 13.9. The summed E-state index contributed by atoms with van der Waals surface area (Å²) in [6.07, 6.45) is 5.19. The zero-order chi connectivity index (χ0) is 26.3. The van der Waals surface area contributed by atoms with Crippen LogP contribution < -0.4 is 4.74 Å². The highest BCUT2D eigenvalue weighted by atomic mass is 127. The lowest BCUT2D eigenvalue weighted by molar-refractivity contribution is -0.138. The van der Waals surface area contributed by atoms with Crippen LogP contribution in [0.15, 0.2) is 53.6 Å². The smallest absolute Gasteiger partial charge is 0.233 e. The average Bonchev–Trinajstić information content (AvgIpc) is 3.43. The van der Waals surface area contributed by atoms with Crippen LogP contribution in [0.5, 0.6) is 11.5 Å². The fraction of sp³-hybridized carbons (Fsp3) is 0.400. The summed E-state index contributed by atoms with van der Waals surface area (Å²) >= 11 is 2.12. The Bertz CT molecular complexity index is 1280. The minimum atomic E-state index is -0.288. The molecule has 194 valence electrons. The van der Waals surface area contributed by atoms with Gasteiger partial charge in [-0.25, -0.2) is 0 Å². The van der Waals surface area contributed by atoms with Gasteiger partial charge in [-0.05, 0) is 82.7 Å². The molecule has 2 aromatic rings. The molecule has 2 saturated heterocycles. The number of hydrogen-bond acceptors (Lipinski definition) is 5. The Morgan fingerprint density at radius 3 is 2.65 bits per heavy atom. The van der Waals surface area contributed by atoms with Crippen molar-refractivity contribution < 1.29 is 24.2 Å². The van der Waals surface area contributed by atoms with E-state index >= 15 is 0 Å². The molecule has 2 aliphatic heterocycles. The Kier molecular flexibility index (Phi) is 7.45. The number of phenolic OH excluding ortho intramolecular Hbond substituents is 1. The lowest BCUT2D eigenvalue weighted by atomic mass is 9.69. The Labute approximate surface area is 231 Å². The molecule has 0 spiro atoms. The molecule has 7 heteroatoms. The Hall–Kier alpha value is -2.65. The number of carbonyl (C=O) groups is 2. The van der Waals surface area contributed by atoms with Crippen LogP contribution in [0.4, 0.5) is 0 Å². The van der Waals surface area contributed by atoms with Gasteiger partial charge in [0.15, 0.2) is 11.5 Å². The van der Waals surface area contributed by atoms with Crippen molar-refractivity contribution in [3.05, 3.63) is 68.3 Å². The van der Waals surface area contributed by atoms with E-state index in [9.17, 15) is 14.7 Å². The number of amides is 2. The van der Waals surface area contributed by atoms with Crippen molar-refractivity contribution in [3.63, 3.8) is 0 Å². The molecule has 0 aromatic heterocycles. The molecular formula is C30H32INO5. The highest BCUT2D eigenvalue weighted by molar-refractivity contribution is 14.1. The molecule has 3 aliphatic rings. The van der Waals surface area contributed by atoms with Crippen LogP contribution in [0.3, 0.4) is 0 Å². The third-order valence-corrected chi connectivity index (χ3v) is 8.91. The van der Waals surface area contributed by atoms with E-state index in [1.807, 2.05) is 30.3 Å². The van der Waals surface area contributed by atoms with E-state index in [0.29, 0.717) is 18.8 Å². The number of carbonyl (C=O) groups excluding carboxylic acids is 2. The van der Waals surface area contributed by atoms with E-state index < -0.39 is 0 Å². The van der Waals surface area contributed by atoms with Crippen LogP contribution in [-0.4, -0.2) is 48.7 Å². The normalized spacial score (nSPS) is 25.5. The highest BCUT2D eigenvalue weighted by Crippen LogP contribution is 2.50. The fourth-order valence-corrected chi connectivity index (χ4v) is 6.87. The van der Waals surface area contributed by atoms with Crippen LogP contribution in [0.25, 0.3) is 11.6 Å². The zero-order valence-corrected chi connectivity index (χ0v) is 23.5. The van der Waals surface area contributed by atoms with E-state index in [4.69, 9.17) is 9.47 Å². The summed E-state index contributed by atoms with van der Waals surface area (Å²) in [7, 11) is 3.16. The molecule has 1 N–H and O–H groups in total. The second-order valence-corrected chi connectivity index (χ2v) is 11.2. The molecule has 0 bridgehead atoms. The Morgan fingerprint density at radius 1 is 1.19 bits per heavy atom. The Balaban J connectivity index is 1.44. The molecule has 6 nitrogen and oxygen atoms in total. The van der Waals surface area contributed by atoms with Gasteiger partial charge in [0.05, 0.1) is 35.2 Å². The third kappa shape index (κ3) is 4.72. The number of methoxy groups -OCH3 is 1. The summed E-state index contributed by atoms with van der Waals surface area (Å²) in [5.74, 6) is -0.0461. The summed E-state index contributed by atoms with van der Waals surface area (Å²) in [6.45, 7) is 2.63. The number of benzene rings is 2. The molecule has 5 rings (SSSR count). The summed E-state index contributed by atoms with van der Waals surface area (Å²) < 4.78 is 12.4. The number of ether oxygens (including phenoxy) is 2. The quantitative estimate of drug-likeness (QED) is 0.188. The molecule has 2 fully saturated rings. The monoisotopic (exact) mass is 613 g/mol. The number of rotatable bonds is 7. The van der Waals surface area contributed by atoms with Gasteiger partial charge in [-0.2, -0.15) is 0 Å². The van der Waals surface area contributed by atoms with Gasteiger partial charge in [-0.15, -0.1) is 0 Å². The van der Waals surface area contributed by atoms with E-state index in [0.717, 1.165) is 39.5 Å². The average molecular weight is 613 g/mol. The van der Waals surface area contributed by atoms with Crippen molar-refractivity contribution in [1.82, 2.24) is 4.90 Å². The molecule has 2 amide bonds. The maximum atomic E-state index is 12.9. The van der Waals surface area contributed by atoms with Gasteiger partial charge >= 0.3 is 0 Å². The van der Waals surface area contributed by atoms with Crippen LogP contribution >= 0.6 is 22.6 Å².